The van der Waals surface area contributed by atoms with Gasteiger partial charge in [0.05, 0.1) is 28.7 Å². The molecule has 2 aromatic carbocycles. The smallest absolute Gasteiger partial charge is 0.417 e. The predicted molar refractivity (Wildman–Crippen MR) is 104 cm³/mol. The molecule has 0 N–H and O–H groups in total. The maximum Gasteiger partial charge on any atom is 0.417 e. The largest absolute Gasteiger partial charge is 0.465 e. The van der Waals surface area contributed by atoms with E-state index in [2.05, 4.69) is 0 Å². The minimum absolute atomic E-state index is 0.0844. The standard InChI is InChI=1S/C22H19ClF3NO3/c1-30-19(28)15-4-2-3-14-10-21(11-16(14)15)7-8-27(20(21)29)12-13-5-6-18(23)17(9-13)22(24,25)26/h2-6,9H,7-8,10-12H2,1H3. The van der Waals surface area contributed by atoms with Crippen molar-refractivity contribution in [1.29, 1.82) is 0 Å². The Hall–Kier alpha value is -2.54. The van der Waals surface area contributed by atoms with Crippen molar-refractivity contribution in [2.75, 3.05) is 13.7 Å². The minimum Gasteiger partial charge on any atom is -0.465 e. The van der Waals surface area contributed by atoms with E-state index < -0.39 is 23.1 Å². The van der Waals surface area contributed by atoms with Gasteiger partial charge in [0.1, 0.15) is 0 Å². The number of esters is 1. The Labute approximate surface area is 176 Å². The summed E-state index contributed by atoms with van der Waals surface area (Å²) < 4.78 is 44.3. The minimum atomic E-state index is -4.55. The van der Waals surface area contributed by atoms with Crippen molar-refractivity contribution in [3.63, 3.8) is 0 Å². The van der Waals surface area contributed by atoms with E-state index in [9.17, 15) is 22.8 Å². The fourth-order valence-corrected chi connectivity index (χ4v) is 4.78. The molecule has 1 unspecified atom stereocenters. The first-order valence-electron chi connectivity index (χ1n) is 9.49. The first kappa shape index (κ1) is 20.7. The SMILES string of the molecule is COC(=O)c1cccc2c1CC1(CCN(Cc3ccc(Cl)c(C(F)(F)F)c3)C1=O)C2. The van der Waals surface area contributed by atoms with Gasteiger partial charge in [0.25, 0.3) is 0 Å². The van der Waals surface area contributed by atoms with Gasteiger partial charge in [0.2, 0.25) is 5.91 Å². The van der Waals surface area contributed by atoms with Crippen molar-refractivity contribution in [2.45, 2.75) is 32.0 Å². The lowest BCUT2D eigenvalue weighted by Gasteiger charge is -2.23. The molecule has 158 valence electrons. The predicted octanol–water partition coefficient (Wildman–Crippen LogP) is 4.66. The molecule has 30 heavy (non-hydrogen) atoms. The van der Waals surface area contributed by atoms with Crippen LogP contribution in [0.4, 0.5) is 13.2 Å². The molecule has 0 radical (unpaired) electrons. The van der Waals surface area contributed by atoms with Crippen LogP contribution in [0, 0.1) is 5.41 Å². The third kappa shape index (κ3) is 3.45. The highest BCUT2D eigenvalue weighted by Crippen LogP contribution is 2.46. The van der Waals surface area contributed by atoms with E-state index in [1.165, 1.54) is 19.2 Å². The van der Waals surface area contributed by atoms with Gasteiger partial charge in [-0.05, 0) is 54.2 Å². The molecule has 1 saturated heterocycles. The van der Waals surface area contributed by atoms with Crippen molar-refractivity contribution in [3.05, 3.63) is 69.2 Å². The molecule has 1 aliphatic carbocycles. The number of carbonyl (C=O) groups is 2. The highest BCUT2D eigenvalue weighted by molar-refractivity contribution is 6.31. The van der Waals surface area contributed by atoms with Crippen molar-refractivity contribution < 1.29 is 27.5 Å². The maximum absolute atomic E-state index is 13.3. The molecule has 1 fully saturated rings. The molecule has 0 aromatic heterocycles. The third-order valence-corrected chi connectivity index (χ3v) is 6.36. The van der Waals surface area contributed by atoms with Gasteiger partial charge in [-0.3, -0.25) is 4.79 Å². The zero-order chi connectivity index (χ0) is 21.7. The molecule has 2 aliphatic rings. The summed E-state index contributed by atoms with van der Waals surface area (Å²) in [6.07, 6.45) is -3.03. The van der Waals surface area contributed by atoms with Crippen LogP contribution in [0.15, 0.2) is 36.4 Å². The normalized spacial score (nSPS) is 20.7. The van der Waals surface area contributed by atoms with Crippen LogP contribution >= 0.6 is 11.6 Å². The van der Waals surface area contributed by atoms with E-state index in [1.807, 2.05) is 6.07 Å². The third-order valence-electron chi connectivity index (χ3n) is 6.03. The molecule has 1 heterocycles. The molecular formula is C22H19ClF3NO3. The highest BCUT2D eigenvalue weighted by atomic mass is 35.5. The number of rotatable bonds is 3. The van der Waals surface area contributed by atoms with Gasteiger partial charge in [0, 0.05) is 13.1 Å². The topological polar surface area (TPSA) is 46.6 Å². The van der Waals surface area contributed by atoms with Crippen molar-refractivity contribution in [1.82, 2.24) is 4.90 Å². The number of amides is 1. The molecule has 1 spiro atoms. The summed E-state index contributed by atoms with van der Waals surface area (Å²) in [6, 6.07) is 9.08. The first-order valence-corrected chi connectivity index (χ1v) is 9.86. The summed E-state index contributed by atoms with van der Waals surface area (Å²) in [5.41, 5.74) is 1.04. The Balaban J connectivity index is 1.56. The van der Waals surface area contributed by atoms with Crippen LogP contribution in [0.3, 0.4) is 0 Å². The number of halogens is 4. The molecule has 0 bridgehead atoms. The summed E-state index contributed by atoms with van der Waals surface area (Å²) in [5.74, 6) is -0.537. The number of fused-ring (bicyclic) bond motifs is 1. The summed E-state index contributed by atoms with van der Waals surface area (Å²) in [7, 11) is 1.32. The number of likely N-dealkylation sites (tertiary alicyclic amines) is 1. The lowest BCUT2D eigenvalue weighted by atomic mass is 9.83. The second-order valence-electron chi connectivity index (χ2n) is 7.86. The van der Waals surface area contributed by atoms with Crippen LogP contribution in [0.25, 0.3) is 0 Å². The maximum atomic E-state index is 13.3. The lowest BCUT2D eigenvalue weighted by Crippen LogP contribution is -2.35. The monoisotopic (exact) mass is 437 g/mol. The molecule has 1 aliphatic heterocycles. The molecule has 1 amide bonds. The van der Waals surface area contributed by atoms with E-state index in [-0.39, 0.29) is 17.5 Å². The number of ether oxygens (including phenoxy) is 1. The van der Waals surface area contributed by atoms with Crippen LogP contribution in [0.5, 0.6) is 0 Å². The van der Waals surface area contributed by atoms with E-state index in [1.54, 1.807) is 17.0 Å². The Bertz CT molecular complexity index is 1040. The number of hydrogen-bond acceptors (Lipinski definition) is 3. The van der Waals surface area contributed by atoms with Crippen molar-refractivity contribution >= 4 is 23.5 Å². The van der Waals surface area contributed by atoms with Crippen molar-refractivity contribution in [3.8, 4) is 0 Å². The summed E-state index contributed by atoms with van der Waals surface area (Å²) >= 11 is 5.69. The van der Waals surface area contributed by atoms with E-state index in [0.717, 1.165) is 17.2 Å². The number of methoxy groups -OCH3 is 1. The van der Waals surface area contributed by atoms with Gasteiger partial charge in [-0.1, -0.05) is 29.8 Å². The van der Waals surface area contributed by atoms with E-state index >= 15 is 0 Å². The fourth-order valence-electron chi connectivity index (χ4n) is 4.56. The summed E-state index contributed by atoms with van der Waals surface area (Å²) in [5, 5.41) is -0.364. The van der Waals surface area contributed by atoms with Crippen LogP contribution in [0.2, 0.25) is 5.02 Å². The van der Waals surface area contributed by atoms with Crippen LogP contribution in [-0.4, -0.2) is 30.4 Å². The van der Waals surface area contributed by atoms with Crippen LogP contribution < -0.4 is 0 Å². The van der Waals surface area contributed by atoms with E-state index in [4.69, 9.17) is 16.3 Å². The average molecular weight is 438 g/mol. The molecule has 8 heteroatoms. The van der Waals surface area contributed by atoms with Crippen LogP contribution in [0.1, 0.15) is 39.0 Å². The van der Waals surface area contributed by atoms with Gasteiger partial charge in [-0.2, -0.15) is 13.2 Å². The zero-order valence-corrected chi connectivity index (χ0v) is 16.9. The van der Waals surface area contributed by atoms with Gasteiger partial charge in [0.15, 0.2) is 0 Å². The number of benzene rings is 2. The second kappa shape index (κ2) is 7.30. The molecule has 4 nitrogen and oxygen atoms in total. The number of nitrogens with zero attached hydrogens (tertiary/aromatic N) is 1. The Morgan fingerprint density at radius 1 is 1.23 bits per heavy atom. The van der Waals surface area contributed by atoms with Gasteiger partial charge in [-0.15, -0.1) is 0 Å². The average Bonchev–Trinajstić information content (AvgIpc) is 3.22. The number of carbonyl (C=O) groups excluding carboxylic acids is 2. The molecule has 0 saturated carbocycles. The molecule has 1 atom stereocenters. The summed E-state index contributed by atoms with van der Waals surface area (Å²) in [4.78, 5) is 26.9. The zero-order valence-electron chi connectivity index (χ0n) is 16.2. The molecular weight excluding hydrogens is 419 g/mol. The van der Waals surface area contributed by atoms with E-state index in [0.29, 0.717) is 36.9 Å². The van der Waals surface area contributed by atoms with Gasteiger partial charge >= 0.3 is 12.1 Å². The Kier molecular flexibility index (Phi) is 5.04. The lowest BCUT2D eigenvalue weighted by molar-refractivity contribution is -0.137. The Morgan fingerprint density at radius 3 is 2.70 bits per heavy atom. The quantitative estimate of drug-likeness (QED) is 0.656. The van der Waals surface area contributed by atoms with Crippen LogP contribution in [-0.2, 0) is 35.1 Å². The van der Waals surface area contributed by atoms with Crippen molar-refractivity contribution in [2.24, 2.45) is 5.41 Å². The molecule has 2 aromatic rings. The Morgan fingerprint density at radius 2 is 2.00 bits per heavy atom. The highest BCUT2D eigenvalue weighted by Gasteiger charge is 2.50. The van der Waals surface area contributed by atoms with Gasteiger partial charge in [-0.25, -0.2) is 4.79 Å². The second-order valence-corrected chi connectivity index (χ2v) is 8.26. The number of alkyl halides is 3. The summed E-state index contributed by atoms with van der Waals surface area (Å²) in [6.45, 7) is 0.533. The first-order chi connectivity index (χ1) is 14.1. The fraction of sp³-hybridized carbons (Fsp3) is 0.364. The number of hydrogen-bond donors (Lipinski definition) is 0. The van der Waals surface area contributed by atoms with Gasteiger partial charge < -0.3 is 9.64 Å². The molecule has 4 rings (SSSR count).